The molecular formula is C15H16N6O2. The molecule has 1 aliphatic heterocycles. The maximum Gasteiger partial charge on any atom is 0.297 e. The summed E-state index contributed by atoms with van der Waals surface area (Å²) in [4.78, 5) is 31.3. The van der Waals surface area contributed by atoms with Gasteiger partial charge in [-0.25, -0.2) is 4.98 Å². The van der Waals surface area contributed by atoms with E-state index in [0.29, 0.717) is 17.0 Å². The lowest BCUT2D eigenvalue weighted by atomic mass is 10.3. The number of hydrogen-bond donors (Lipinski definition) is 0. The first-order valence-electron chi connectivity index (χ1n) is 7.64. The maximum absolute atomic E-state index is 12.7. The summed E-state index contributed by atoms with van der Waals surface area (Å²) in [5.41, 5.74) is 1.07. The highest BCUT2D eigenvalue weighted by Crippen LogP contribution is 2.14. The molecule has 0 aromatic carbocycles. The molecule has 3 aromatic rings. The van der Waals surface area contributed by atoms with Gasteiger partial charge in [0.05, 0.1) is 5.52 Å². The number of aryl methyl sites for hydroxylation is 1. The topological polar surface area (TPSA) is 85.4 Å². The molecule has 0 bridgehead atoms. The summed E-state index contributed by atoms with van der Waals surface area (Å²) in [5, 5.41) is 7.92. The Hall–Kier alpha value is -2.77. The van der Waals surface area contributed by atoms with Crippen LogP contribution in [0.25, 0.3) is 16.8 Å². The number of amides is 1. The molecule has 1 saturated heterocycles. The van der Waals surface area contributed by atoms with Gasteiger partial charge >= 0.3 is 0 Å². The van der Waals surface area contributed by atoms with Crippen LogP contribution in [0.3, 0.4) is 0 Å². The van der Waals surface area contributed by atoms with Crippen molar-refractivity contribution in [3.63, 3.8) is 0 Å². The van der Waals surface area contributed by atoms with Crippen molar-refractivity contribution >= 4 is 22.7 Å². The van der Waals surface area contributed by atoms with Crippen LogP contribution < -0.4 is 5.56 Å². The van der Waals surface area contributed by atoms with Crippen molar-refractivity contribution in [3.05, 3.63) is 34.5 Å². The minimum atomic E-state index is -0.321. The van der Waals surface area contributed by atoms with Crippen LogP contribution in [0, 0.1) is 6.92 Å². The minimum absolute atomic E-state index is 0.00341. The van der Waals surface area contributed by atoms with Crippen LogP contribution in [0.2, 0.25) is 0 Å². The van der Waals surface area contributed by atoms with E-state index >= 15 is 0 Å². The van der Waals surface area contributed by atoms with Gasteiger partial charge in [0.1, 0.15) is 12.4 Å². The van der Waals surface area contributed by atoms with Gasteiger partial charge in [-0.1, -0.05) is 0 Å². The van der Waals surface area contributed by atoms with Gasteiger partial charge in [-0.2, -0.15) is 0 Å². The number of likely N-dealkylation sites (tertiary alicyclic amines) is 1. The van der Waals surface area contributed by atoms with Gasteiger partial charge in [-0.3, -0.25) is 18.6 Å². The fraction of sp³-hybridized carbons (Fsp3) is 0.400. The molecule has 1 aliphatic rings. The normalized spacial score (nSPS) is 14.9. The highest BCUT2D eigenvalue weighted by molar-refractivity contribution is 5.80. The Morgan fingerprint density at radius 3 is 2.78 bits per heavy atom. The molecule has 0 atom stereocenters. The lowest BCUT2D eigenvalue weighted by Gasteiger charge is -2.17. The van der Waals surface area contributed by atoms with Crippen molar-refractivity contribution in [1.82, 2.24) is 29.0 Å². The van der Waals surface area contributed by atoms with Gasteiger partial charge in [0.2, 0.25) is 11.6 Å². The van der Waals surface area contributed by atoms with Crippen LogP contribution in [0.15, 0.2) is 23.1 Å². The van der Waals surface area contributed by atoms with Crippen molar-refractivity contribution < 1.29 is 4.79 Å². The summed E-state index contributed by atoms with van der Waals surface area (Å²) in [6.07, 6.45) is 3.69. The molecule has 4 rings (SSSR count). The highest BCUT2D eigenvalue weighted by atomic mass is 16.2. The van der Waals surface area contributed by atoms with Crippen LogP contribution in [0.1, 0.15) is 18.7 Å². The zero-order valence-electron chi connectivity index (χ0n) is 12.8. The summed E-state index contributed by atoms with van der Waals surface area (Å²) in [5.74, 6) is 0.550. The molecule has 0 spiro atoms. The van der Waals surface area contributed by atoms with Gasteiger partial charge in [-0.05, 0) is 31.9 Å². The first-order chi connectivity index (χ1) is 11.2. The quantitative estimate of drug-likeness (QED) is 0.682. The molecule has 4 heterocycles. The van der Waals surface area contributed by atoms with Gasteiger partial charge in [0.15, 0.2) is 5.65 Å². The van der Waals surface area contributed by atoms with Gasteiger partial charge < -0.3 is 4.90 Å². The van der Waals surface area contributed by atoms with E-state index in [1.807, 2.05) is 0 Å². The number of rotatable bonds is 2. The molecular weight excluding hydrogens is 296 g/mol. The molecule has 3 aromatic heterocycles. The third-order valence-corrected chi connectivity index (χ3v) is 4.28. The summed E-state index contributed by atoms with van der Waals surface area (Å²) in [7, 11) is 0. The van der Waals surface area contributed by atoms with Crippen LogP contribution in [-0.4, -0.2) is 48.0 Å². The molecule has 0 unspecified atom stereocenters. The molecule has 1 fully saturated rings. The van der Waals surface area contributed by atoms with E-state index in [-0.39, 0.29) is 23.7 Å². The Morgan fingerprint density at radius 1 is 1.22 bits per heavy atom. The van der Waals surface area contributed by atoms with Crippen molar-refractivity contribution in [2.24, 2.45) is 0 Å². The Morgan fingerprint density at radius 2 is 2.00 bits per heavy atom. The molecule has 0 saturated carbocycles. The number of hydrogen-bond acceptors (Lipinski definition) is 5. The van der Waals surface area contributed by atoms with Gasteiger partial charge in [-0.15, -0.1) is 10.2 Å². The predicted octanol–water partition coefficient (Wildman–Crippen LogP) is 0.370. The van der Waals surface area contributed by atoms with Gasteiger partial charge in [0, 0.05) is 19.3 Å². The minimum Gasteiger partial charge on any atom is -0.341 e. The average molecular weight is 312 g/mol. The number of carbonyl (C=O) groups excluding carboxylic acids is 1. The molecule has 0 aliphatic carbocycles. The molecule has 0 radical (unpaired) electrons. The zero-order chi connectivity index (χ0) is 16.0. The Labute approximate surface area is 131 Å². The number of carbonyl (C=O) groups is 1. The number of fused-ring (bicyclic) bond motifs is 3. The monoisotopic (exact) mass is 312 g/mol. The summed E-state index contributed by atoms with van der Waals surface area (Å²) >= 11 is 0. The standard InChI is InChI=1S/C15H16N6O2/c1-10-17-18-14-15(23)20(9-12(22)19-7-2-3-8-19)11-5-4-6-16-13(11)21(10)14/h4-6H,2-3,7-9H2,1H3. The lowest BCUT2D eigenvalue weighted by Crippen LogP contribution is -2.35. The van der Waals surface area contributed by atoms with E-state index < -0.39 is 0 Å². The van der Waals surface area contributed by atoms with E-state index in [4.69, 9.17) is 0 Å². The predicted molar refractivity (Wildman–Crippen MR) is 83.1 cm³/mol. The number of nitrogens with zero attached hydrogens (tertiary/aromatic N) is 6. The lowest BCUT2D eigenvalue weighted by molar-refractivity contribution is -0.130. The van der Waals surface area contributed by atoms with E-state index in [9.17, 15) is 9.59 Å². The second kappa shape index (κ2) is 5.15. The molecule has 1 amide bonds. The Balaban J connectivity index is 1.92. The fourth-order valence-corrected chi connectivity index (χ4v) is 3.11. The van der Waals surface area contributed by atoms with E-state index in [1.165, 1.54) is 4.57 Å². The summed E-state index contributed by atoms with van der Waals surface area (Å²) < 4.78 is 3.08. The summed E-state index contributed by atoms with van der Waals surface area (Å²) in [6.45, 7) is 3.29. The number of aromatic nitrogens is 5. The second-order valence-corrected chi connectivity index (χ2v) is 5.73. The third-order valence-electron chi connectivity index (χ3n) is 4.28. The smallest absolute Gasteiger partial charge is 0.297 e. The van der Waals surface area contributed by atoms with Crippen LogP contribution >= 0.6 is 0 Å². The van der Waals surface area contributed by atoms with Gasteiger partial charge in [0.25, 0.3) is 5.56 Å². The zero-order valence-corrected chi connectivity index (χ0v) is 12.8. The van der Waals surface area contributed by atoms with Crippen LogP contribution in [0.5, 0.6) is 0 Å². The summed E-state index contributed by atoms with van der Waals surface area (Å²) in [6, 6.07) is 3.55. The van der Waals surface area contributed by atoms with Crippen LogP contribution in [0.4, 0.5) is 0 Å². The van der Waals surface area contributed by atoms with E-state index in [0.717, 1.165) is 25.9 Å². The third kappa shape index (κ3) is 2.09. The molecule has 23 heavy (non-hydrogen) atoms. The van der Waals surface area contributed by atoms with Crippen LogP contribution in [-0.2, 0) is 11.3 Å². The second-order valence-electron chi connectivity index (χ2n) is 5.73. The van der Waals surface area contributed by atoms with E-state index in [2.05, 4.69) is 15.2 Å². The van der Waals surface area contributed by atoms with Crippen molar-refractivity contribution in [2.45, 2.75) is 26.3 Å². The number of pyridine rings is 1. The Bertz CT molecular complexity index is 967. The molecule has 8 heteroatoms. The average Bonchev–Trinajstić information content (AvgIpc) is 3.21. The van der Waals surface area contributed by atoms with E-state index in [1.54, 1.807) is 34.6 Å². The molecule has 0 N–H and O–H groups in total. The fourth-order valence-electron chi connectivity index (χ4n) is 3.11. The van der Waals surface area contributed by atoms with Crippen molar-refractivity contribution in [1.29, 1.82) is 0 Å². The van der Waals surface area contributed by atoms with Crippen molar-refractivity contribution in [2.75, 3.05) is 13.1 Å². The maximum atomic E-state index is 12.7. The first kappa shape index (κ1) is 13.9. The highest BCUT2D eigenvalue weighted by Gasteiger charge is 2.21. The SMILES string of the molecule is Cc1nnc2c(=O)n(CC(=O)N3CCCC3)c3cccnc3n12. The Kier molecular flexibility index (Phi) is 3.10. The largest absolute Gasteiger partial charge is 0.341 e. The van der Waals surface area contributed by atoms with Crippen molar-refractivity contribution in [3.8, 4) is 0 Å². The first-order valence-corrected chi connectivity index (χ1v) is 7.64. The molecule has 8 nitrogen and oxygen atoms in total. The molecule has 118 valence electrons.